The zero-order valence-electron chi connectivity index (χ0n) is 15.7. The Balaban J connectivity index is 1.62. The van der Waals surface area contributed by atoms with Crippen LogP contribution in [0.5, 0.6) is 11.5 Å². The van der Waals surface area contributed by atoms with Gasteiger partial charge in [-0.15, -0.1) is 0 Å². The van der Waals surface area contributed by atoms with Gasteiger partial charge in [0.2, 0.25) is 5.91 Å². The molecule has 1 aliphatic carbocycles. The maximum absolute atomic E-state index is 12.5. The Morgan fingerprint density at radius 1 is 1.04 bits per heavy atom. The Hall–Kier alpha value is -2.49. The predicted molar refractivity (Wildman–Crippen MR) is 102 cm³/mol. The molecule has 4 heteroatoms. The summed E-state index contributed by atoms with van der Waals surface area (Å²) in [5, 5.41) is 23.0. The van der Waals surface area contributed by atoms with Crippen LogP contribution < -0.4 is 5.32 Å². The smallest absolute Gasteiger partial charge is 0.223 e. The van der Waals surface area contributed by atoms with Crippen molar-refractivity contribution in [3.8, 4) is 11.5 Å². The van der Waals surface area contributed by atoms with Gasteiger partial charge in [-0.25, -0.2) is 0 Å². The largest absolute Gasteiger partial charge is 0.508 e. The summed E-state index contributed by atoms with van der Waals surface area (Å²) in [6.07, 6.45) is 1.75. The van der Waals surface area contributed by atoms with E-state index in [4.69, 9.17) is 0 Å². The van der Waals surface area contributed by atoms with E-state index >= 15 is 0 Å². The summed E-state index contributed by atoms with van der Waals surface area (Å²) in [6, 6.07) is 11.3. The second-order valence-electron chi connectivity index (χ2n) is 8.17. The Kier molecular flexibility index (Phi) is 4.94. The number of rotatable bonds is 3. The third kappa shape index (κ3) is 3.85. The minimum absolute atomic E-state index is 0.00158. The Labute approximate surface area is 154 Å². The highest BCUT2D eigenvalue weighted by atomic mass is 16.3. The summed E-state index contributed by atoms with van der Waals surface area (Å²) >= 11 is 0. The molecule has 3 N–H and O–H groups in total. The first-order chi connectivity index (χ1) is 12.3. The molecular formula is C22H27NO3. The molecule has 0 aliphatic heterocycles. The van der Waals surface area contributed by atoms with Gasteiger partial charge in [0.25, 0.3) is 0 Å². The van der Waals surface area contributed by atoms with Crippen LogP contribution in [0.3, 0.4) is 0 Å². The summed E-state index contributed by atoms with van der Waals surface area (Å²) < 4.78 is 0. The van der Waals surface area contributed by atoms with Crippen LogP contribution in [0.1, 0.15) is 49.4 Å². The average molecular weight is 353 g/mol. The van der Waals surface area contributed by atoms with Gasteiger partial charge >= 0.3 is 0 Å². The highest BCUT2D eigenvalue weighted by Crippen LogP contribution is 2.36. The lowest BCUT2D eigenvalue weighted by Gasteiger charge is -2.25. The van der Waals surface area contributed by atoms with E-state index in [1.807, 2.05) is 0 Å². The molecule has 2 aromatic carbocycles. The topological polar surface area (TPSA) is 69.6 Å². The van der Waals surface area contributed by atoms with Gasteiger partial charge in [-0.3, -0.25) is 4.79 Å². The van der Waals surface area contributed by atoms with Crippen molar-refractivity contribution in [3.05, 3.63) is 58.7 Å². The molecule has 0 saturated carbocycles. The van der Waals surface area contributed by atoms with E-state index in [0.29, 0.717) is 31.4 Å². The van der Waals surface area contributed by atoms with Crippen LogP contribution in [-0.2, 0) is 29.6 Å². The fourth-order valence-electron chi connectivity index (χ4n) is 3.52. The SMILES string of the molecule is CC(C)(C)c1ccc(CNC(=O)C2CCc3c(O)ccc(O)c3C2)cc1. The zero-order valence-corrected chi connectivity index (χ0v) is 15.7. The monoisotopic (exact) mass is 353 g/mol. The highest BCUT2D eigenvalue weighted by Gasteiger charge is 2.28. The van der Waals surface area contributed by atoms with E-state index in [0.717, 1.165) is 11.1 Å². The maximum atomic E-state index is 12.5. The number of benzene rings is 2. The van der Waals surface area contributed by atoms with Gasteiger partial charge in [-0.2, -0.15) is 0 Å². The number of fused-ring (bicyclic) bond motifs is 1. The lowest BCUT2D eigenvalue weighted by atomic mass is 9.82. The van der Waals surface area contributed by atoms with Gasteiger partial charge in [0.05, 0.1) is 0 Å². The molecule has 26 heavy (non-hydrogen) atoms. The third-order valence-electron chi connectivity index (χ3n) is 5.23. The van der Waals surface area contributed by atoms with Crippen LogP contribution in [0.25, 0.3) is 0 Å². The fourth-order valence-corrected chi connectivity index (χ4v) is 3.52. The van der Waals surface area contributed by atoms with Crippen LogP contribution in [-0.4, -0.2) is 16.1 Å². The molecule has 0 heterocycles. The highest BCUT2D eigenvalue weighted by molar-refractivity contribution is 5.79. The Morgan fingerprint density at radius 2 is 1.65 bits per heavy atom. The molecule has 0 saturated heterocycles. The lowest BCUT2D eigenvalue weighted by molar-refractivity contribution is -0.125. The molecule has 1 aliphatic rings. The van der Waals surface area contributed by atoms with Gasteiger partial charge in [0.15, 0.2) is 0 Å². The summed E-state index contributed by atoms with van der Waals surface area (Å²) in [5.41, 5.74) is 3.93. The van der Waals surface area contributed by atoms with Crippen LogP contribution in [0, 0.1) is 5.92 Å². The average Bonchev–Trinajstić information content (AvgIpc) is 2.62. The summed E-state index contributed by atoms with van der Waals surface area (Å²) in [5.74, 6) is 0.186. The minimum atomic E-state index is -0.177. The fraction of sp³-hybridized carbons (Fsp3) is 0.409. The zero-order chi connectivity index (χ0) is 18.9. The van der Waals surface area contributed by atoms with Gasteiger partial charge in [0, 0.05) is 23.6 Å². The van der Waals surface area contributed by atoms with Crippen LogP contribution >= 0.6 is 0 Å². The number of phenols is 2. The summed E-state index contributed by atoms with van der Waals surface area (Å²) in [7, 11) is 0. The van der Waals surface area contributed by atoms with Gasteiger partial charge in [-0.1, -0.05) is 45.0 Å². The van der Waals surface area contributed by atoms with Crippen molar-refractivity contribution in [3.63, 3.8) is 0 Å². The lowest BCUT2D eigenvalue weighted by Crippen LogP contribution is -2.33. The number of aromatic hydroxyl groups is 2. The molecular weight excluding hydrogens is 326 g/mol. The second-order valence-corrected chi connectivity index (χ2v) is 8.17. The van der Waals surface area contributed by atoms with Gasteiger partial charge in [-0.05, 0) is 47.9 Å². The Bertz CT molecular complexity index is 803. The van der Waals surface area contributed by atoms with E-state index in [2.05, 4.69) is 50.4 Å². The second kappa shape index (κ2) is 7.02. The molecule has 0 fully saturated rings. The van der Waals surface area contributed by atoms with Crippen molar-refractivity contribution in [2.24, 2.45) is 5.92 Å². The number of amides is 1. The molecule has 138 valence electrons. The van der Waals surface area contributed by atoms with Crippen molar-refractivity contribution >= 4 is 5.91 Å². The summed E-state index contributed by atoms with van der Waals surface area (Å²) in [4.78, 5) is 12.5. The molecule has 0 bridgehead atoms. The van der Waals surface area contributed by atoms with Gasteiger partial charge in [0.1, 0.15) is 11.5 Å². The maximum Gasteiger partial charge on any atom is 0.223 e. The predicted octanol–water partition coefficient (Wildman–Crippen LogP) is 3.82. The number of hydrogen-bond acceptors (Lipinski definition) is 3. The molecule has 1 amide bonds. The molecule has 1 unspecified atom stereocenters. The van der Waals surface area contributed by atoms with E-state index in [-0.39, 0.29) is 28.7 Å². The first-order valence-electron chi connectivity index (χ1n) is 9.15. The molecule has 0 aromatic heterocycles. The van der Waals surface area contributed by atoms with Crippen LogP contribution in [0.15, 0.2) is 36.4 Å². The molecule has 3 rings (SSSR count). The third-order valence-corrected chi connectivity index (χ3v) is 5.23. The normalized spacial score (nSPS) is 16.8. The molecule has 1 atom stereocenters. The van der Waals surface area contributed by atoms with Crippen molar-refractivity contribution < 1.29 is 15.0 Å². The van der Waals surface area contributed by atoms with Crippen molar-refractivity contribution in [1.82, 2.24) is 5.32 Å². The quantitative estimate of drug-likeness (QED) is 0.735. The van der Waals surface area contributed by atoms with Gasteiger partial charge < -0.3 is 15.5 Å². The number of carbonyl (C=O) groups excluding carboxylic acids is 1. The summed E-state index contributed by atoms with van der Waals surface area (Å²) in [6.45, 7) is 7.03. The molecule has 0 radical (unpaired) electrons. The van der Waals surface area contributed by atoms with E-state index in [1.165, 1.54) is 17.7 Å². The van der Waals surface area contributed by atoms with Crippen molar-refractivity contribution in [2.45, 2.75) is 52.0 Å². The standard InChI is InChI=1S/C22H27NO3/c1-22(2,3)16-7-4-14(5-8-16)13-23-21(26)15-6-9-17-18(12-15)20(25)11-10-19(17)24/h4-5,7-8,10-11,15,24-25H,6,9,12-13H2,1-3H3,(H,23,26). The van der Waals surface area contributed by atoms with Crippen molar-refractivity contribution in [2.75, 3.05) is 0 Å². The minimum Gasteiger partial charge on any atom is -0.508 e. The number of phenolic OH excluding ortho intramolecular Hbond substituents is 2. The first-order valence-corrected chi connectivity index (χ1v) is 9.15. The number of hydrogen-bond donors (Lipinski definition) is 3. The number of carbonyl (C=O) groups is 1. The van der Waals surface area contributed by atoms with E-state index in [1.54, 1.807) is 0 Å². The molecule has 0 spiro atoms. The van der Waals surface area contributed by atoms with E-state index < -0.39 is 0 Å². The molecule has 4 nitrogen and oxygen atoms in total. The number of nitrogens with one attached hydrogen (secondary N) is 1. The molecule has 2 aromatic rings. The van der Waals surface area contributed by atoms with Crippen LogP contribution in [0.4, 0.5) is 0 Å². The van der Waals surface area contributed by atoms with Crippen LogP contribution in [0.2, 0.25) is 0 Å². The first kappa shape index (κ1) is 18.3. The Morgan fingerprint density at radius 3 is 2.27 bits per heavy atom. The van der Waals surface area contributed by atoms with E-state index in [9.17, 15) is 15.0 Å². The van der Waals surface area contributed by atoms with Crippen molar-refractivity contribution in [1.29, 1.82) is 0 Å².